The summed E-state index contributed by atoms with van der Waals surface area (Å²) in [7, 11) is 0. The molecule has 2 aliphatic carbocycles. The summed E-state index contributed by atoms with van der Waals surface area (Å²) in [5, 5.41) is 0. The van der Waals surface area contributed by atoms with Crippen LogP contribution in [-0.4, -0.2) is 0 Å². The van der Waals surface area contributed by atoms with Gasteiger partial charge in [-0.25, -0.2) is 0 Å². The molecule has 2 rings (SSSR count). The van der Waals surface area contributed by atoms with Crippen LogP contribution in [-0.2, 0) is 0 Å². The molecule has 0 aromatic carbocycles. The quantitative estimate of drug-likeness (QED) is 0.390. The molecule has 0 heteroatoms. The zero-order valence-corrected chi connectivity index (χ0v) is 7.46. The van der Waals surface area contributed by atoms with E-state index in [1.165, 1.54) is 0 Å². The molecule has 0 aromatic rings. The molecule has 0 heterocycles. The van der Waals surface area contributed by atoms with E-state index in [0.29, 0.717) is 0 Å². The average molecular weight is 174 g/mol. The first-order valence-corrected chi connectivity index (χ1v) is 4.24. The Hall–Kier alpha value is -2.36. The van der Waals surface area contributed by atoms with E-state index >= 15 is 0 Å². The molecule has 0 fully saturated rings. The topological polar surface area (TPSA) is 0 Å². The molecule has 0 aliphatic heterocycles. The van der Waals surface area contributed by atoms with Gasteiger partial charge in [0.1, 0.15) is 0 Å². The van der Waals surface area contributed by atoms with Gasteiger partial charge < -0.3 is 0 Å². The lowest BCUT2D eigenvalue weighted by molar-refractivity contribution is 1.87. The second-order valence-electron chi connectivity index (χ2n) is 2.67. The van der Waals surface area contributed by atoms with E-state index in [0.717, 1.165) is 11.1 Å². The van der Waals surface area contributed by atoms with Crippen LogP contribution < -0.4 is 0 Å². The molecular weight excluding hydrogens is 168 g/mol. The summed E-state index contributed by atoms with van der Waals surface area (Å²) in [6.07, 6.45) is 11.3. The van der Waals surface area contributed by atoms with Crippen LogP contribution in [0, 0.1) is 23.7 Å². The van der Waals surface area contributed by atoms with Crippen molar-refractivity contribution in [1.29, 1.82) is 0 Å². The van der Waals surface area contributed by atoms with E-state index in [4.69, 9.17) is 0 Å². The number of allylic oxidation sites excluding steroid dienone is 6. The Morgan fingerprint density at radius 2 is 1.29 bits per heavy atom. The fourth-order valence-corrected chi connectivity index (χ4v) is 1.01. The fourth-order valence-electron chi connectivity index (χ4n) is 1.01. The van der Waals surface area contributed by atoms with E-state index in [1.807, 2.05) is 36.5 Å². The molecule has 0 bridgehead atoms. The normalized spacial score (nSPS) is 14.3. The van der Waals surface area contributed by atoms with Crippen LogP contribution in [0.3, 0.4) is 0 Å². The lowest BCUT2D eigenvalue weighted by Gasteiger charge is -1.74. The van der Waals surface area contributed by atoms with Gasteiger partial charge in [-0.05, 0) is 48.0 Å². The molecule has 0 aromatic heterocycles. The molecule has 0 saturated heterocycles. The Labute approximate surface area is 83.3 Å². The second kappa shape index (κ2) is 4.04. The predicted octanol–water partition coefficient (Wildman–Crippen LogP) is 2.30. The van der Waals surface area contributed by atoms with Gasteiger partial charge in [-0.15, -0.1) is 11.5 Å². The minimum atomic E-state index is 0.880. The third-order valence-electron chi connectivity index (χ3n) is 1.65. The largest absolute Gasteiger partial charge is 0.104 e. The number of hydrogen-bond acceptors (Lipinski definition) is 0. The van der Waals surface area contributed by atoms with Crippen molar-refractivity contribution < 1.29 is 0 Å². The van der Waals surface area contributed by atoms with Gasteiger partial charge in [0.25, 0.3) is 0 Å². The molecular formula is C14H6. The lowest BCUT2D eigenvalue weighted by atomic mass is 10.3. The van der Waals surface area contributed by atoms with Crippen LogP contribution in [0.1, 0.15) is 0 Å². The molecule has 62 valence electrons. The van der Waals surface area contributed by atoms with Crippen LogP contribution in [0.25, 0.3) is 0 Å². The Kier molecular flexibility index (Phi) is 2.38. The SMILES string of the molecule is C1=CC=CC=1C#CC#CC1=C=CC=C1. The Morgan fingerprint density at radius 3 is 1.64 bits per heavy atom. The van der Waals surface area contributed by atoms with Gasteiger partial charge in [-0.3, -0.25) is 0 Å². The van der Waals surface area contributed by atoms with Gasteiger partial charge in [-0.2, -0.15) is 0 Å². The molecule has 14 heavy (non-hydrogen) atoms. The van der Waals surface area contributed by atoms with E-state index in [1.54, 1.807) is 0 Å². The van der Waals surface area contributed by atoms with Gasteiger partial charge in [0.15, 0.2) is 0 Å². The van der Waals surface area contributed by atoms with Crippen molar-refractivity contribution in [2.45, 2.75) is 0 Å². The highest BCUT2D eigenvalue weighted by Gasteiger charge is 1.86. The van der Waals surface area contributed by atoms with Gasteiger partial charge >= 0.3 is 0 Å². The average Bonchev–Trinajstić information content (AvgIpc) is 2.86. The van der Waals surface area contributed by atoms with Crippen molar-refractivity contribution in [2.24, 2.45) is 0 Å². The summed E-state index contributed by atoms with van der Waals surface area (Å²) in [6.45, 7) is 0. The molecule has 0 atom stereocenters. The molecule has 2 aliphatic rings. The second-order valence-corrected chi connectivity index (χ2v) is 2.67. The lowest BCUT2D eigenvalue weighted by Crippen LogP contribution is -1.65. The van der Waals surface area contributed by atoms with Crippen molar-refractivity contribution in [1.82, 2.24) is 0 Å². The summed E-state index contributed by atoms with van der Waals surface area (Å²) in [5.41, 5.74) is 7.72. The zero-order chi connectivity index (χ0) is 9.64. The van der Waals surface area contributed by atoms with E-state index in [2.05, 4.69) is 35.1 Å². The van der Waals surface area contributed by atoms with E-state index < -0.39 is 0 Å². The minimum Gasteiger partial charge on any atom is -0.104 e. The van der Waals surface area contributed by atoms with Crippen LogP contribution in [0.5, 0.6) is 0 Å². The molecule has 0 spiro atoms. The Balaban J connectivity index is 2.06. The highest BCUT2D eigenvalue weighted by molar-refractivity contribution is 5.50. The van der Waals surface area contributed by atoms with Crippen molar-refractivity contribution in [3.8, 4) is 23.7 Å². The van der Waals surface area contributed by atoms with Crippen LogP contribution in [0.15, 0.2) is 59.1 Å². The summed E-state index contributed by atoms with van der Waals surface area (Å²) >= 11 is 0. The summed E-state index contributed by atoms with van der Waals surface area (Å²) < 4.78 is 0. The van der Waals surface area contributed by atoms with E-state index in [9.17, 15) is 0 Å². The molecule has 0 nitrogen and oxygen atoms in total. The molecule has 0 saturated carbocycles. The number of hydrogen-bond donors (Lipinski definition) is 0. The van der Waals surface area contributed by atoms with Crippen LogP contribution >= 0.6 is 0 Å². The van der Waals surface area contributed by atoms with Gasteiger partial charge in [0.2, 0.25) is 0 Å². The van der Waals surface area contributed by atoms with E-state index in [-0.39, 0.29) is 0 Å². The van der Waals surface area contributed by atoms with Gasteiger partial charge in [-0.1, -0.05) is 12.2 Å². The maximum atomic E-state index is 2.98. The van der Waals surface area contributed by atoms with Crippen molar-refractivity contribution in [2.75, 3.05) is 0 Å². The van der Waals surface area contributed by atoms with Gasteiger partial charge in [0, 0.05) is 0 Å². The van der Waals surface area contributed by atoms with Crippen LogP contribution in [0.2, 0.25) is 0 Å². The summed E-state index contributed by atoms with van der Waals surface area (Å²) in [4.78, 5) is 0. The highest BCUT2D eigenvalue weighted by atomic mass is 13.9. The Morgan fingerprint density at radius 1 is 0.786 bits per heavy atom. The number of rotatable bonds is 0. The van der Waals surface area contributed by atoms with Crippen LogP contribution in [0.4, 0.5) is 0 Å². The molecule has 0 N–H and O–H groups in total. The first-order chi connectivity index (χ1) is 6.95. The zero-order valence-electron chi connectivity index (χ0n) is 7.46. The van der Waals surface area contributed by atoms with Crippen molar-refractivity contribution >= 4 is 0 Å². The first-order valence-electron chi connectivity index (χ1n) is 4.24. The first kappa shape index (κ1) is 8.25. The minimum absolute atomic E-state index is 0.880. The summed E-state index contributed by atoms with van der Waals surface area (Å²) in [5.74, 6) is 11.3. The van der Waals surface area contributed by atoms with Gasteiger partial charge in [0.05, 0.1) is 11.1 Å². The highest BCUT2D eigenvalue weighted by Crippen LogP contribution is 1.99. The fraction of sp³-hybridized carbons (Fsp3) is 0. The third-order valence-corrected chi connectivity index (χ3v) is 1.65. The maximum Gasteiger partial charge on any atom is 0.0674 e. The summed E-state index contributed by atoms with van der Waals surface area (Å²) in [6, 6.07) is 0. The standard InChI is InChI=1S/C14H6/c1-2-8-13(7-1)11-5-6-12-14-9-3-4-10-14/h1-4,7,9H. The molecule has 0 amide bonds. The smallest absolute Gasteiger partial charge is 0.0674 e. The third kappa shape index (κ3) is 2.07. The van der Waals surface area contributed by atoms with Crippen molar-refractivity contribution in [3.05, 3.63) is 59.1 Å². The predicted molar refractivity (Wildman–Crippen MR) is 57.0 cm³/mol. The molecule has 0 unspecified atom stereocenters. The maximum absolute atomic E-state index is 2.98. The molecule has 0 radical (unpaired) electrons. The Bertz CT molecular complexity index is 503. The monoisotopic (exact) mass is 174 g/mol. The van der Waals surface area contributed by atoms with Crippen molar-refractivity contribution in [3.63, 3.8) is 0 Å².